The molecule has 0 aliphatic rings. The Hall–Kier alpha value is -1.45. The largest absolute Gasteiger partial charge is 0.497 e. The monoisotopic (exact) mass is 312 g/mol. The van der Waals surface area contributed by atoms with Gasteiger partial charge in [0.05, 0.1) is 13.0 Å². The molecule has 4 nitrogen and oxygen atoms in total. The topological polar surface area (TPSA) is 78.0 Å². The van der Waals surface area contributed by atoms with Gasteiger partial charge in [-0.15, -0.1) is 0 Å². The second-order valence-electron chi connectivity index (χ2n) is 4.03. The molecule has 0 aliphatic carbocycles. The van der Waals surface area contributed by atoms with Crippen molar-refractivity contribution in [2.75, 3.05) is 7.11 Å². The van der Waals surface area contributed by atoms with Crippen LogP contribution in [0.4, 0.5) is 0 Å². The van der Waals surface area contributed by atoms with Crippen molar-refractivity contribution in [3.63, 3.8) is 0 Å². The zero-order valence-corrected chi connectivity index (χ0v) is 14.0. The molecule has 0 aromatic heterocycles. The van der Waals surface area contributed by atoms with Gasteiger partial charge in [0, 0.05) is 19.5 Å². The molecule has 3 N–H and O–H groups in total. The fourth-order valence-electron chi connectivity index (χ4n) is 1.78. The van der Waals surface area contributed by atoms with E-state index in [0.29, 0.717) is 0 Å². The van der Waals surface area contributed by atoms with Crippen molar-refractivity contribution in [3.05, 3.63) is 42.0 Å². The summed E-state index contributed by atoms with van der Waals surface area (Å²) >= 11 is 0. The first kappa shape index (κ1) is 17.6. The molecule has 0 unspecified atom stereocenters. The van der Waals surface area contributed by atoms with Gasteiger partial charge in [0.1, 0.15) is 5.75 Å². The normalized spacial score (nSPS) is 11.1. The predicted molar refractivity (Wildman–Crippen MR) is 70.2 cm³/mol. The van der Waals surface area contributed by atoms with Crippen LogP contribution in [0.15, 0.2) is 36.4 Å². The number of hydrogen-bond acceptors (Lipinski definition) is 2. The summed E-state index contributed by atoms with van der Waals surface area (Å²) in [5, 5.41) is 11.0. The van der Waals surface area contributed by atoms with E-state index in [1.165, 1.54) is 0 Å². The van der Waals surface area contributed by atoms with Crippen LogP contribution in [0.25, 0.3) is 10.8 Å². The number of carboxylic acids is 1. The first-order valence-electron chi connectivity index (χ1n) is 5.42. The molecule has 0 saturated heterocycles. The molecule has 0 fully saturated rings. The van der Waals surface area contributed by atoms with Gasteiger partial charge in [-0.1, -0.05) is 24.3 Å². The van der Waals surface area contributed by atoms with Crippen molar-refractivity contribution >= 4 is 16.7 Å². The Balaban J connectivity index is 0.00000162. The molecule has 2 aromatic carbocycles. The number of fused-ring (bicyclic) bond motifs is 1. The standard InChI is InChI=1S/C14H14O3.H2O.Zn/c1-9(14(15)16)10-3-4-12-8-13(17-2)6-5-11(12)7-10;;/h3-9H,1-2H3,(H,15,16);1H2;/t9-;;/m0../s1. The van der Waals surface area contributed by atoms with Gasteiger partial charge >= 0.3 is 5.97 Å². The van der Waals surface area contributed by atoms with Crippen LogP contribution in [0.1, 0.15) is 18.4 Å². The molecular formula is C14H16O4Zn. The third-order valence-corrected chi connectivity index (χ3v) is 2.94. The molecule has 0 aliphatic heterocycles. The maximum absolute atomic E-state index is 10.9. The zero-order chi connectivity index (χ0) is 12.4. The maximum Gasteiger partial charge on any atom is 0.310 e. The Labute approximate surface area is 124 Å². The van der Waals surface area contributed by atoms with Crippen LogP contribution in [0.3, 0.4) is 0 Å². The Morgan fingerprint density at radius 1 is 1.16 bits per heavy atom. The van der Waals surface area contributed by atoms with Crippen LogP contribution in [-0.4, -0.2) is 23.7 Å². The number of carboxylic acid groups (broad SMARTS) is 1. The van der Waals surface area contributed by atoms with Crippen molar-refractivity contribution < 1.29 is 39.6 Å². The first-order valence-corrected chi connectivity index (χ1v) is 5.42. The van der Waals surface area contributed by atoms with E-state index in [1.54, 1.807) is 14.0 Å². The van der Waals surface area contributed by atoms with E-state index in [4.69, 9.17) is 9.84 Å². The van der Waals surface area contributed by atoms with E-state index < -0.39 is 11.9 Å². The van der Waals surface area contributed by atoms with Crippen molar-refractivity contribution in [1.29, 1.82) is 0 Å². The van der Waals surface area contributed by atoms with E-state index in [9.17, 15) is 4.79 Å². The van der Waals surface area contributed by atoms with E-state index in [2.05, 4.69) is 0 Å². The van der Waals surface area contributed by atoms with Gasteiger partial charge < -0.3 is 15.3 Å². The fourth-order valence-corrected chi connectivity index (χ4v) is 1.78. The molecule has 5 heteroatoms. The quantitative estimate of drug-likeness (QED) is 0.882. The molecule has 1 atom stereocenters. The SMILES string of the molecule is COc1ccc2cc([C@H](C)C(=O)O)ccc2c1.O.[Zn]. The molecule has 0 spiro atoms. The third-order valence-electron chi connectivity index (χ3n) is 2.94. The van der Waals surface area contributed by atoms with Crippen LogP contribution in [0, 0.1) is 0 Å². The predicted octanol–water partition coefficient (Wildman–Crippen LogP) is 2.21. The molecule has 98 valence electrons. The van der Waals surface area contributed by atoms with Crippen LogP contribution in [-0.2, 0) is 24.3 Å². The van der Waals surface area contributed by atoms with E-state index in [-0.39, 0.29) is 25.0 Å². The first-order chi connectivity index (χ1) is 8.11. The maximum atomic E-state index is 10.9. The Kier molecular flexibility index (Phi) is 6.67. The molecular weight excluding hydrogens is 298 g/mol. The second kappa shape index (κ2) is 7.22. The summed E-state index contributed by atoms with van der Waals surface area (Å²) in [6, 6.07) is 11.4. The third kappa shape index (κ3) is 3.76. The minimum Gasteiger partial charge on any atom is -0.497 e. The number of rotatable bonds is 3. The number of hydrogen-bond donors (Lipinski definition) is 1. The fraction of sp³-hybridized carbons (Fsp3) is 0.214. The number of methoxy groups -OCH3 is 1. The summed E-state index contributed by atoms with van der Waals surface area (Å²) in [5.41, 5.74) is 0.815. The average Bonchev–Trinajstić information content (AvgIpc) is 2.36. The number of aliphatic carboxylic acids is 1. The molecule has 0 bridgehead atoms. The Morgan fingerprint density at radius 2 is 1.74 bits per heavy atom. The molecule has 0 heterocycles. The number of benzene rings is 2. The van der Waals surface area contributed by atoms with E-state index >= 15 is 0 Å². The van der Waals surface area contributed by atoms with Crippen LogP contribution in [0.2, 0.25) is 0 Å². The van der Waals surface area contributed by atoms with E-state index in [1.807, 2.05) is 36.4 Å². The molecule has 19 heavy (non-hydrogen) atoms. The van der Waals surface area contributed by atoms with Crippen LogP contribution < -0.4 is 4.74 Å². The van der Waals surface area contributed by atoms with Gasteiger partial charge in [0.25, 0.3) is 0 Å². The zero-order valence-electron chi connectivity index (χ0n) is 11.0. The molecule has 0 amide bonds. The minimum absolute atomic E-state index is 0. The smallest absolute Gasteiger partial charge is 0.310 e. The van der Waals surface area contributed by atoms with Crippen molar-refractivity contribution in [2.45, 2.75) is 12.8 Å². The molecule has 2 rings (SSSR count). The van der Waals surface area contributed by atoms with Gasteiger partial charge in [0.2, 0.25) is 0 Å². The van der Waals surface area contributed by atoms with Gasteiger partial charge in [0.15, 0.2) is 0 Å². The van der Waals surface area contributed by atoms with Gasteiger partial charge in [-0.05, 0) is 35.4 Å². The van der Waals surface area contributed by atoms with Gasteiger partial charge in [-0.3, -0.25) is 4.79 Å². The van der Waals surface area contributed by atoms with E-state index in [0.717, 1.165) is 22.1 Å². The van der Waals surface area contributed by atoms with Crippen molar-refractivity contribution in [2.24, 2.45) is 0 Å². The van der Waals surface area contributed by atoms with Gasteiger partial charge in [-0.2, -0.15) is 0 Å². The number of ether oxygens (including phenoxy) is 1. The summed E-state index contributed by atoms with van der Waals surface area (Å²) in [7, 11) is 1.63. The minimum atomic E-state index is -0.808. The Bertz CT molecular complexity index is 568. The summed E-state index contributed by atoms with van der Waals surface area (Å²) in [4.78, 5) is 10.9. The number of carbonyl (C=O) groups is 1. The molecule has 0 radical (unpaired) electrons. The van der Waals surface area contributed by atoms with Crippen molar-refractivity contribution in [1.82, 2.24) is 0 Å². The summed E-state index contributed by atoms with van der Waals surface area (Å²) in [5.74, 6) is -0.490. The average molecular weight is 314 g/mol. The second-order valence-corrected chi connectivity index (χ2v) is 4.03. The van der Waals surface area contributed by atoms with Crippen molar-refractivity contribution in [3.8, 4) is 5.75 Å². The summed E-state index contributed by atoms with van der Waals surface area (Å²) in [6.45, 7) is 1.69. The summed E-state index contributed by atoms with van der Waals surface area (Å²) < 4.78 is 5.14. The van der Waals surface area contributed by atoms with Crippen LogP contribution >= 0.6 is 0 Å². The Morgan fingerprint density at radius 3 is 2.32 bits per heavy atom. The summed E-state index contributed by atoms with van der Waals surface area (Å²) in [6.07, 6.45) is 0. The van der Waals surface area contributed by atoms with Crippen LogP contribution in [0.5, 0.6) is 5.75 Å². The molecule has 2 aromatic rings. The van der Waals surface area contributed by atoms with Gasteiger partial charge in [-0.25, -0.2) is 0 Å². The molecule has 0 saturated carbocycles.